The van der Waals surface area contributed by atoms with Gasteiger partial charge in [-0.05, 0) is 49.2 Å². The molecule has 3 rings (SSSR count). The van der Waals surface area contributed by atoms with Gasteiger partial charge in [-0.2, -0.15) is 0 Å². The van der Waals surface area contributed by atoms with Crippen molar-refractivity contribution in [1.82, 2.24) is 9.80 Å². The van der Waals surface area contributed by atoms with E-state index in [2.05, 4.69) is 0 Å². The Labute approximate surface area is 168 Å². The standard InChI is InChI=1S/C21H23FN2O5/c1-23(13-18-5-3-11-28-18)19(25)14-29-21(27)16-4-2-10-24(12-16)20(26)15-6-8-17(22)9-7-15/h3,5-9,11,16H,2,4,10,12-14H2,1H3. The summed E-state index contributed by atoms with van der Waals surface area (Å²) in [4.78, 5) is 40.1. The Bertz CT molecular complexity index is 850. The van der Waals surface area contributed by atoms with Gasteiger partial charge in [-0.3, -0.25) is 14.4 Å². The molecule has 29 heavy (non-hydrogen) atoms. The third-order valence-electron chi connectivity index (χ3n) is 4.87. The average Bonchev–Trinajstić information content (AvgIpc) is 3.24. The molecule has 2 amide bonds. The molecule has 2 heterocycles. The fourth-order valence-corrected chi connectivity index (χ4v) is 3.21. The van der Waals surface area contributed by atoms with Crippen molar-refractivity contribution < 1.29 is 27.9 Å². The molecule has 2 aromatic rings. The summed E-state index contributed by atoms with van der Waals surface area (Å²) in [7, 11) is 1.60. The molecule has 0 bridgehead atoms. The molecule has 0 radical (unpaired) electrons. The van der Waals surface area contributed by atoms with Crippen molar-refractivity contribution in [3.8, 4) is 0 Å². The number of likely N-dealkylation sites (N-methyl/N-ethyl adjacent to an activating group) is 1. The van der Waals surface area contributed by atoms with Gasteiger partial charge in [0.1, 0.15) is 11.6 Å². The summed E-state index contributed by atoms with van der Waals surface area (Å²) in [5.74, 6) is -1.36. The molecule has 0 saturated carbocycles. The number of carbonyl (C=O) groups is 3. The summed E-state index contributed by atoms with van der Waals surface area (Å²) >= 11 is 0. The van der Waals surface area contributed by atoms with Crippen molar-refractivity contribution >= 4 is 17.8 Å². The number of halogens is 1. The van der Waals surface area contributed by atoms with Crippen molar-refractivity contribution in [3.05, 3.63) is 59.8 Å². The maximum absolute atomic E-state index is 13.1. The van der Waals surface area contributed by atoms with Gasteiger partial charge in [0.2, 0.25) is 0 Å². The van der Waals surface area contributed by atoms with Gasteiger partial charge in [-0.1, -0.05) is 0 Å². The zero-order chi connectivity index (χ0) is 20.8. The van der Waals surface area contributed by atoms with Crippen LogP contribution >= 0.6 is 0 Å². The van der Waals surface area contributed by atoms with Crippen LogP contribution < -0.4 is 0 Å². The zero-order valence-electron chi connectivity index (χ0n) is 16.2. The van der Waals surface area contributed by atoms with Gasteiger partial charge in [-0.15, -0.1) is 0 Å². The van der Waals surface area contributed by atoms with Gasteiger partial charge >= 0.3 is 5.97 Å². The van der Waals surface area contributed by atoms with Crippen LogP contribution in [0.3, 0.4) is 0 Å². The molecule has 1 unspecified atom stereocenters. The predicted molar refractivity (Wildman–Crippen MR) is 101 cm³/mol. The highest BCUT2D eigenvalue weighted by atomic mass is 19.1. The molecule has 1 aromatic carbocycles. The van der Waals surface area contributed by atoms with Crippen molar-refractivity contribution in [2.75, 3.05) is 26.7 Å². The maximum atomic E-state index is 13.1. The van der Waals surface area contributed by atoms with Crippen LogP contribution in [0.15, 0.2) is 47.1 Å². The highest BCUT2D eigenvalue weighted by molar-refractivity contribution is 5.94. The van der Waals surface area contributed by atoms with E-state index >= 15 is 0 Å². The summed E-state index contributed by atoms with van der Waals surface area (Å²) < 4.78 is 23.4. The van der Waals surface area contributed by atoms with E-state index in [9.17, 15) is 18.8 Å². The van der Waals surface area contributed by atoms with E-state index in [1.807, 2.05) is 0 Å². The first-order chi connectivity index (χ1) is 13.9. The fraction of sp³-hybridized carbons (Fsp3) is 0.381. The van der Waals surface area contributed by atoms with Gasteiger partial charge in [0.05, 0.1) is 18.7 Å². The number of benzene rings is 1. The van der Waals surface area contributed by atoms with Gasteiger partial charge in [-0.25, -0.2) is 4.39 Å². The van der Waals surface area contributed by atoms with Gasteiger partial charge < -0.3 is 19.0 Å². The molecule has 1 aromatic heterocycles. The Balaban J connectivity index is 1.49. The lowest BCUT2D eigenvalue weighted by molar-refractivity contribution is -0.156. The van der Waals surface area contributed by atoms with Crippen LogP contribution in [0, 0.1) is 11.7 Å². The van der Waals surface area contributed by atoms with Crippen molar-refractivity contribution in [2.24, 2.45) is 5.92 Å². The van der Waals surface area contributed by atoms with E-state index in [4.69, 9.17) is 9.15 Å². The maximum Gasteiger partial charge on any atom is 0.311 e. The molecular weight excluding hydrogens is 379 g/mol. The molecule has 1 aliphatic rings. The quantitative estimate of drug-likeness (QED) is 0.694. The normalized spacial score (nSPS) is 16.3. The third kappa shape index (κ3) is 5.43. The third-order valence-corrected chi connectivity index (χ3v) is 4.87. The molecule has 154 valence electrons. The lowest BCUT2D eigenvalue weighted by Crippen LogP contribution is -2.43. The second-order valence-electron chi connectivity index (χ2n) is 7.03. The molecule has 0 aliphatic carbocycles. The Kier molecular flexibility index (Phi) is 6.64. The van der Waals surface area contributed by atoms with Crippen molar-refractivity contribution in [1.29, 1.82) is 0 Å². The summed E-state index contributed by atoms with van der Waals surface area (Å²) in [6.45, 7) is 0.654. The van der Waals surface area contributed by atoms with E-state index in [0.717, 1.165) is 0 Å². The average molecular weight is 402 g/mol. The molecule has 1 aliphatic heterocycles. The molecule has 1 saturated heterocycles. The number of ether oxygens (including phenoxy) is 1. The summed E-state index contributed by atoms with van der Waals surface area (Å²) in [5, 5.41) is 0. The molecular formula is C21H23FN2O5. The number of piperidine rings is 1. The minimum Gasteiger partial charge on any atom is -0.467 e. The van der Waals surface area contributed by atoms with E-state index in [-0.39, 0.29) is 31.5 Å². The Hall–Kier alpha value is -3.16. The molecule has 7 nitrogen and oxygen atoms in total. The second kappa shape index (κ2) is 9.36. The SMILES string of the molecule is CN(Cc1ccco1)C(=O)COC(=O)C1CCCN(C(=O)c2ccc(F)cc2)C1. The summed E-state index contributed by atoms with van der Waals surface area (Å²) in [6.07, 6.45) is 2.76. The van der Waals surface area contributed by atoms with Crippen LogP contribution in [0.2, 0.25) is 0 Å². The molecule has 1 fully saturated rings. The highest BCUT2D eigenvalue weighted by Crippen LogP contribution is 2.20. The van der Waals surface area contributed by atoms with Crippen molar-refractivity contribution in [3.63, 3.8) is 0 Å². The summed E-state index contributed by atoms with van der Waals surface area (Å²) in [5.41, 5.74) is 0.371. The number of amides is 2. The zero-order valence-corrected chi connectivity index (χ0v) is 16.2. The van der Waals surface area contributed by atoms with Crippen LogP contribution in [-0.4, -0.2) is 54.3 Å². The van der Waals surface area contributed by atoms with E-state index in [1.54, 1.807) is 24.1 Å². The fourth-order valence-electron chi connectivity index (χ4n) is 3.21. The number of esters is 1. The van der Waals surface area contributed by atoms with Gasteiger partial charge in [0.25, 0.3) is 11.8 Å². The van der Waals surface area contributed by atoms with Crippen LogP contribution in [-0.2, 0) is 20.9 Å². The number of furan rings is 1. The number of rotatable bonds is 6. The lowest BCUT2D eigenvalue weighted by atomic mass is 9.97. The van der Waals surface area contributed by atoms with Gasteiger partial charge in [0, 0.05) is 25.7 Å². The Morgan fingerprint density at radius 3 is 2.69 bits per heavy atom. The number of nitrogens with zero attached hydrogens (tertiary/aromatic N) is 2. The monoisotopic (exact) mass is 402 g/mol. The summed E-state index contributed by atoms with van der Waals surface area (Å²) in [6, 6.07) is 8.79. The minimum absolute atomic E-state index is 0.214. The molecule has 1 atom stereocenters. The second-order valence-corrected chi connectivity index (χ2v) is 7.03. The van der Waals surface area contributed by atoms with Crippen molar-refractivity contribution in [2.45, 2.75) is 19.4 Å². The minimum atomic E-state index is -0.499. The van der Waals surface area contributed by atoms with E-state index in [0.29, 0.717) is 30.7 Å². The lowest BCUT2D eigenvalue weighted by Gasteiger charge is -2.31. The first-order valence-corrected chi connectivity index (χ1v) is 9.42. The Morgan fingerprint density at radius 2 is 2.00 bits per heavy atom. The largest absolute Gasteiger partial charge is 0.467 e. The molecule has 0 N–H and O–H groups in total. The first-order valence-electron chi connectivity index (χ1n) is 9.42. The number of likely N-dealkylation sites (tertiary alicyclic amines) is 1. The van der Waals surface area contributed by atoms with E-state index in [1.165, 1.54) is 35.4 Å². The molecule has 0 spiro atoms. The number of hydrogen-bond acceptors (Lipinski definition) is 5. The van der Waals surface area contributed by atoms with Crippen LogP contribution in [0.1, 0.15) is 29.0 Å². The smallest absolute Gasteiger partial charge is 0.311 e. The van der Waals surface area contributed by atoms with E-state index < -0.39 is 17.7 Å². The Morgan fingerprint density at radius 1 is 1.24 bits per heavy atom. The van der Waals surface area contributed by atoms with Crippen LogP contribution in [0.25, 0.3) is 0 Å². The topological polar surface area (TPSA) is 80.1 Å². The predicted octanol–water partition coefficient (Wildman–Crippen LogP) is 2.47. The number of carbonyl (C=O) groups excluding carboxylic acids is 3. The first kappa shape index (κ1) is 20.6. The van der Waals surface area contributed by atoms with Crippen LogP contribution in [0.5, 0.6) is 0 Å². The van der Waals surface area contributed by atoms with Crippen LogP contribution in [0.4, 0.5) is 4.39 Å². The molecule has 8 heteroatoms. The van der Waals surface area contributed by atoms with Gasteiger partial charge in [0.15, 0.2) is 6.61 Å². The highest BCUT2D eigenvalue weighted by Gasteiger charge is 2.30. The number of hydrogen-bond donors (Lipinski definition) is 0.